The summed E-state index contributed by atoms with van der Waals surface area (Å²) in [7, 11) is -7.74. The molecule has 0 amide bonds. The largest absolute Gasteiger partial charge is 0.428 e. The lowest BCUT2D eigenvalue weighted by molar-refractivity contribution is 0.459. The number of nitrogens with zero attached hydrogens (tertiary/aromatic N) is 1. The van der Waals surface area contributed by atoms with Gasteiger partial charge in [-0.25, -0.2) is 22.0 Å². The van der Waals surface area contributed by atoms with Crippen molar-refractivity contribution in [3.05, 3.63) is 24.3 Å². The molecule has 18 heavy (non-hydrogen) atoms. The maximum absolute atomic E-state index is 11.8. The molecule has 0 bridgehead atoms. The van der Waals surface area contributed by atoms with Crippen molar-refractivity contribution in [3.63, 3.8) is 0 Å². The number of fused-ring (bicyclic) bond motifs is 1. The van der Waals surface area contributed by atoms with E-state index in [0.29, 0.717) is 11.1 Å². The van der Waals surface area contributed by atoms with Crippen LogP contribution in [0.3, 0.4) is 0 Å². The standard InChI is InChI=1S/C9H10N2O5S2/c10-18(14,15)6-5-17(12,13)9-11-7-3-1-2-4-8(7)16-9/h1-4H,5-6H2,(H2,10,14,15). The zero-order valence-corrected chi connectivity index (χ0v) is 10.7. The van der Waals surface area contributed by atoms with Gasteiger partial charge in [-0.15, -0.1) is 0 Å². The summed E-state index contributed by atoms with van der Waals surface area (Å²) < 4.78 is 50.1. The smallest absolute Gasteiger partial charge is 0.316 e. The second-order valence-electron chi connectivity index (χ2n) is 3.63. The van der Waals surface area contributed by atoms with Crippen LogP contribution in [0, 0.1) is 0 Å². The van der Waals surface area contributed by atoms with Crippen LogP contribution in [0.25, 0.3) is 11.1 Å². The molecule has 0 unspecified atom stereocenters. The van der Waals surface area contributed by atoms with Crippen LogP contribution >= 0.6 is 0 Å². The normalized spacial score (nSPS) is 12.9. The Hall–Kier alpha value is -1.45. The third kappa shape index (κ3) is 2.86. The summed E-state index contributed by atoms with van der Waals surface area (Å²) in [6.45, 7) is 0. The van der Waals surface area contributed by atoms with Crippen molar-refractivity contribution in [2.45, 2.75) is 5.22 Å². The molecule has 2 rings (SSSR count). The summed E-state index contributed by atoms with van der Waals surface area (Å²) in [4.78, 5) is 3.79. The predicted octanol–water partition coefficient (Wildman–Crippen LogP) is -0.110. The van der Waals surface area contributed by atoms with Gasteiger partial charge in [-0.1, -0.05) is 12.1 Å². The Bertz CT molecular complexity index is 743. The van der Waals surface area contributed by atoms with Crippen molar-refractivity contribution in [2.24, 2.45) is 5.14 Å². The van der Waals surface area contributed by atoms with Crippen molar-refractivity contribution in [1.29, 1.82) is 0 Å². The highest BCUT2D eigenvalue weighted by molar-refractivity contribution is 7.94. The highest BCUT2D eigenvalue weighted by atomic mass is 32.2. The molecule has 0 aliphatic carbocycles. The number of hydrogen-bond acceptors (Lipinski definition) is 6. The van der Waals surface area contributed by atoms with Crippen LogP contribution in [-0.4, -0.2) is 33.3 Å². The van der Waals surface area contributed by atoms with Crippen LogP contribution in [-0.2, 0) is 19.9 Å². The van der Waals surface area contributed by atoms with Crippen molar-refractivity contribution in [3.8, 4) is 0 Å². The maximum Gasteiger partial charge on any atom is 0.316 e. The van der Waals surface area contributed by atoms with E-state index in [1.165, 1.54) is 0 Å². The average molecular weight is 290 g/mol. The van der Waals surface area contributed by atoms with Crippen molar-refractivity contribution >= 4 is 31.0 Å². The second kappa shape index (κ2) is 4.34. The first-order valence-corrected chi connectivity index (χ1v) is 8.23. The molecule has 0 saturated heterocycles. The molecule has 0 saturated carbocycles. The van der Waals surface area contributed by atoms with Gasteiger partial charge < -0.3 is 4.42 Å². The number of sulfonamides is 1. The topological polar surface area (TPSA) is 120 Å². The van der Waals surface area contributed by atoms with Gasteiger partial charge in [0.05, 0.1) is 11.5 Å². The van der Waals surface area contributed by atoms with Crippen LogP contribution in [0.4, 0.5) is 0 Å². The summed E-state index contributed by atoms with van der Waals surface area (Å²) >= 11 is 0. The molecule has 2 N–H and O–H groups in total. The van der Waals surface area contributed by atoms with Gasteiger partial charge in [-0.3, -0.25) is 0 Å². The van der Waals surface area contributed by atoms with Gasteiger partial charge in [0, 0.05) is 0 Å². The highest BCUT2D eigenvalue weighted by Crippen LogP contribution is 2.19. The number of rotatable bonds is 4. The first-order valence-electron chi connectivity index (χ1n) is 4.87. The van der Waals surface area contributed by atoms with E-state index in [2.05, 4.69) is 4.98 Å². The number of sulfone groups is 1. The van der Waals surface area contributed by atoms with E-state index in [-0.39, 0.29) is 0 Å². The van der Waals surface area contributed by atoms with Gasteiger partial charge in [0.25, 0.3) is 0 Å². The van der Waals surface area contributed by atoms with Crippen LogP contribution in [0.1, 0.15) is 0 Å². The Morgan fingerprint density at radius 1 is 1.11 bits per heavy atom. The quantitative estimate of drug-likeness (QED) is 0.838. The summed E-state index contributed by atoms with van der Waals surface area (Å²) in [5, 5.41) is 4.26. The third-order valence-corrected chi connectivity index (χ3v) is 4.66. The SMILES string of the molecule is NS(=O)(=O)CCS(=O)(=O)c1nc2ccccc2o1. The molecule has 9 heteroatoms. The first kappa shape index (κ1) is 13.0. The third-order valence-electron chi connectivity index (χ3n) is 2.18. The molecule has 0 aliphatic heterocycles. The molecule has 0 fully saturated rings. The van der Waals surface area contributed by atoms with Crippen LogP contribution in [0.5, 0.6) is 0 Å². The minimum Gasteiger partial charge on any atom is -0.428 e. The number of oxazole rings is 1. The maximum atomic E-state index is 11.8. The lowest BCUT2D eigenvalue weighted by Crippen LogP contribution is -2.23. The number of primary sulfonamides is 1. The molecule has 2 aromatic rings. The number of benzene rings is 1. The Morgan fingerprint density at radius 2 is 1.78 bits per heavy atom. The molecular weight excluding hydrogens is 280 g/mol. The van der Waals surface area contributed by atoms with E-state index in [1.54, 1.807) is 24.3 Å². The van der Waals surface area contributed by atoms with E-state index >= 15 is 0 Å². The van der Waals surface area contributed by atoms with Gasteiger partial charge in [-0.05, 0) is 12.1 Å². The Balaban J connectivity index is 2.35. The first-order chi connectivity index (χ1) is 8.28. The molecule has 1 aromatic carbocycles. The second-order valence-corrected chi connectivity index (χ2v) is 7.35. The van der Waals surface area contributed by atoms with Gasteiger partial charge in [-0.2, -0.15) is 4.98 Å². The summed E-state index contributed by atoms with van der Waals surface area (Å²) in [5.74, 6) is -1.33. The molecule has 0 radical (unpaired) electrons. The molecule has 1 aromatic heterocycles. The molecule has 1 heterocycles. The van der Waals surface area contributed by atoms with Crippen LogP contribution in [0.2, 0.25) is 0 Å². The monoisotopic (exact) mass is 290 g/mol. The highest BCUT2D eigenvalue weighted by Gasteiger charge is 2.23. The van der Waals surface area contributed by atoms with E-state index in [1.807, 2.05) is 0 Å². The van der Waals surface area contributed by atoms with Crippen molar-refractivity contribution in [2.75, 3.05) is 11.5 Å². The Kier molecular flexibility index (Phi) is 3.13. The lowest BCUT2D eigenvalue weighted by atomic mass is 10.3. The van der Waals surface area contributed by atoms with Crippen LogP contribution < -0.4 is 5.14 Å². The van der Waals surface area contributed by atoms with Crippen molar-refractivity contribution < 1.29 is 21.3 Å². The Labute approximate surface area is 104 Å². The molecule has 0 aliphatic rings. The van der Waals surface area contributed by atoms with Crippen LogP contribution in [0.15, 0.2) is 33.9 Å². The fourth-order valence-electron chi connectivity index (χ4n) is 1.30. The zero-order valence-electron chi connectivity index (χ0n) is 9.11. The Morgan fingerprint density at radius 3 is 2.39 bits per heavy atom. The minimum atomic E-state index is -3.89. The van der Waals surface area contributed by atoms with E-state index in [0.717, 1.165) is 0 Å². The predicted molar refractivity (Wildman–Crippen MR) is 64.0 cm³/mol. The van der Waals surface area contributed by atoms with Gasteiger partial charge >= 0.3 is 5.22 Å². The molecule has 98 valence electrons. The summed E-state index contributed by atoms with van der Waals surface area (Å²) in [5.41, 5.74) is 0.721. The molecule has 0 spiro atoms. The van der Waals surface area contributed by atoms with Crippen molar-refractivity contribution in [1.82, 2.24) is 4.98 Å². The minimum absolute atomic E-state index is 0.326. The van der Waals surface area contributed by atoms with Gasteiger partial charge in [0.1, 0.15) is 5.52 Å². The number of hydrogen-bond donors (Lipinski definition) is 1. The summed E-state index contributed by atoms with van der Waals surface area (Å²) in [6.07, 6.45) is 0. The lowest BCUT2D eigenvalue weighted by Gasteiger charge is -1.97. The molecular formula is C9H10N2O5S2. The zero-order chi connectivity index (χ0) is 13.4. The number of nitrogens with two attached hydrogens (primary N) is 1. The number of aromatic nitrogens is 1. The number of para-hydroxylation sites is 2. The van der Waals surface area contributed by atoms with Gasteiger partial charge in [0.15, 0.2) is 5.58 Å². The van der Waals surface area contributed by atoms with E-state index in [9.17, 15) is 16.8 Å². The molecule has 7 nitrogen and oxygen atoms in total. The fourth-order valence-corrected chi connectivity index (χ4v) is 3.73. The summed E-state index contributed by atoms with van der Waals surface area (Å²) in [6, 6.07) is 6.53. The van der Waals surface area contributed by atoms with E-state index < -0.39 is 36.6 Å². The average Bonchev–Trinajstić information content (AvgIpc) is 2.70. The van der Waals surface area contributed by atoms with Gasteiger partial charge in [0.2, 0.25) is 19.9 Å². The molecule has 0 atom stereocenters. The van der Waals surface area contributed by atoms with E-state index in [4.69, 9.17) is 9.56 Å². The fraction of sp³-hybridized carbons (Fsp3) is 0.222.